The fraction of sp³-hybridized carbons (Fsp3) is 0.761. The third-order valence-electron chi connectivity index (χ3n) is 14.4. The molecule has 0 aliphatic carbocycles. The van der Waals surface area contributed by atoms with Gasteiger partial charge in [-0.3, -0.25) is 14.4 Å². The first-order chi connectivity index (χ1) is 38.0. The van der Waals surface area contributed by atoms with Gasteiger partial charge in [0.2, 0.25) is 0 Å². The van der Waals surface area contributed by atoms with Crippen LogP contribution in [0.1, 0.15) is 329 Å². The maximum atomic E-state index is 12.8. The van der Waals surface area contributed by atoms with E-state index in [0.717, 1.165) is 109 Å². The Labute approximate surface area is 477 Å². The molecular weight excluding hydrogens is 949 g/mol. The Kier molecular flexibility index (Phi) is 62.2. The van der Waals surface area contributed by atoms with Crippen molar-refractivity contribution >= 4 is 17.9 Å². The Balaban J connectivity index is 4.03. The molecule has 0 aromatic heterocycles. The SMILES string of the molecule is CC/C=C\C/C=C\C/C=C\C/C=C\C/C=C\C/C=C\CCCCCCCCCCC(=O)OCC(COC(=O)CCCCCCC)OC(=O)CCCCCCCCCCCCCCCCC/C=C\CCCCCCCCCC. The van der Waals surface area contributed by atoms with Crippen LogP contribution in [0.3, 0.4) is 0 Å². The van der Waals surface area contributed by atoms with Crippen LogP contribution in [-0.4, -0.2) is 37.2 Å². The molecular formula is C71H124O6. The van der Waals surface area contributed by atoms with Crippen molar-refractivity contribution in [3.8, 4) is 0 Å². The molecule has 6 heteroatoms. The van der Waals surface area contributed by atoms with Crippen molar-refractivity contribution in [2.75, 3.05) is 13.2 Å². The molecule has 0 saturated heterocycles. The zero-order valence-corrected chi connectivity index (χ0v) is 51.0. The molecule has 0 aliphatic heterocycles. The van der Waals surface area contributed by atoms with E-state index in [1.807, 2.05) is 0 Å². The number of hydrogen-bond acceptors (Lipinski definition) is 6. The molecule has 6 nitrogen and oxygen atoms in total. The van der Waals surface area contributed by atoms with E-state index in [4.69, 9.17) is 14.2 Å². The van der Waals surface area contributed by atoms with Gasteiger partial charge in [-0.15, -0.1) is 0 Å². The molecule has 0 amide bonds. The molecule has 0 N–H and O–H groups in total. The van der Waals surface area contributed by atoms with Crippen LogP contribution in [0.5, 0.6) is 0 Å². The van der Waals surface area contributed by atoms with Gasteiger partial charge in [-0.25, -0.2) is 0 Å². The Bertz CT molecular complexity index is 1470. The van der Waals surface area contributed by atoms with E-state index in [2.05, 4.69) is 106 Å². The molecule has 0 bridgehead atoms. The first-order valence-corrected chi connectivity index (χ1v) is 33.1. The van der Waals surface area contributed by atoms with Crippen LogP contribution in [0.2, 0.25) is 0 Å². The van der Waals surface area contributed by atoms with Crippen LogP contribution >= 0.6 is 0 Å². The highest BCUT2D eigenvalue weighted by Crippen LogP contribution is 2.17. The van der Waals surface area contributed by atoms with Crippen molar-refractivity contribution in [2.45, 2.75) is 335 Å². The normalized spacial score (nSPS) is 12.6. The van der Waals surface area contributed by atoms with Gasteiger partial charge in [0.05, 0.1) is 0 Å². The van der Waals surface area contributed by atoms with Gasteiger partial charge < -0.3 is 14.2 Å². The van der Waals surface area contributed by atoms with Crippen molar-refractivity contribution < 1.29 is 28.6 Å². The fourth-order valence-corrected chi connectivity index (χ4v) is 9.44. The lowest BCUT2D eigenvalue weighted by atomic mass is 10.0. The van der Waals surface area contributed by atoms with E-state index in [1.54, 1.807) is 0 Å². The van der Waals surface area contributed by atoms with Crippen LogP contribution in [0, 0.1) is 0 Å². The molecule has 0 spiro atoms. The lowest BCUT2D eigenvalue weighted by Crippen LogP contribution is -2.30. The van der Waals surface area contributed by atoms with Crippen molar-refractivity contribution in [3.05, 3.63) is 85.1 Å². The largest absolute Gasteiger partial charge is 0.462 e. The maximum absolute atomic E-state index is 12.8. The molecule has 77 heavy (non-hydrogen) atoms. The van der Waals surface area contributed by atoms with Crippen molar-refractivity contribution in [1.29, 1.82) is 0 Å². The van der Waals surface area contributed by atoms with Gasteiger partial charge in [-0.2, -0.15) is 0 Å². The predicted molar refractivity (Wildman–Crippen MR) is 334 cm³/mol. The Hall–Kier alpha value is -3.41. The first-order valence-electron chi connectivity index (χ1n) is 33.1. The smallest absolute Gasteiger partial charge is 0.306 e. The van der Waals surface area contributed by atoms with Gasteiger partial charge in [0.15, 0.2) is 6.10 Å². The number of unbranched alkanes of at least 4 members (excludes halogenated alkanes) is 35. The van der Waals surface area contributed by atoms with Crippen LogP contribution in [0.25, 0.3) is 0 Å². The standard InChI is InChI=1S/C71H124O6/c1-4-7-10-13-15-17-19-21-23-25-27-29-31-33-35-37-39-41-43-45-47-49-51-53-55-58-61-64-70(73)76-67-68(66-75-69(72)63-60-57-12-9-6-3)77-71(74)65-62-59-56-54-52-50-48-46-44-42-40-38-36-34-32-30-28-26-24-22-20-18-16-14-11-8-5-2/h7,10,15,17,21,23,26-29,33,35,39,41,68H,4-6,8-9,11-14,16,18-20,22,24-25,30-32,34,36-38,40,42-67H2,1-3H3/b10-7-,17-15-,23-21-,28-26-,29-27-,35-33-,41-39-. The third-order valence-corrected chi connectivity index (χ3v) is 14.4. The maximum Gasteiger partial charge on any atom is 0.306 e. The van der Waals surface area contributed by atoms with E-state index in [0.29, 0.717) is 19.3 Å². The van der Waals surface area contributed by atoms with Gasteiger partial charge in [0, 0.05) is 19.3 Å². The minimum atomic E-state index is -0.776. The van der Waals surface area contributed by atoms with Crippen molar-refractivity contribution in [1.82, 2.24) is 0 Å². The van der Waals surface area contributed by atoms with E-state index < -0.39 is 6.10 Å². The summed E-state index contributed by atoms with van der Waals surface area (Å²) in [6.07, 6.45) is 86.5. The molecule has 0 aliphatic rings. The second kappa shape index (κ2) is 65.1. The third kappa shape index (κ3) is 63.3. The Morgan fingerprint density at radius 3 is 0.805 bits per heavy atom. The number of carbonyl (C=O) groups is 3. The monoisotopic (exact) mass is 1070 g/mol. The minimum absolute atomic E-state index is 0.0776. The summed E-state index contributed by atoms with van der Waals surface area (Å²) in [7, 11) is 0. The summed E-state index contributed by atoms with van der Waals surface area (Å²) < 4.78 is 16.8. The van der Waals surface area contributed by atoms with E-state index >= 15 is 0 Å². The first kappa shape index (κ1) is 73.6. The number of allylic oxidation sites excluding steroid dienone is 14. The molecule has 0 rings (SSSR count). The predicted octanol–water partition coefficient (Wildman–Crippen LogP) is 22.7. The van der Waals surface area contributed by atoms with E-state index in [-0.39, 0.29) is 31.1 Å². The zero-order chi connectivity index (χ0) is 55.7. The summed E-state index contributed by atoms with van der Waals surface area (Å²) >= 11 is 0. The zero-order valence-electron chi connectivity index (χ0n) is 51.0. The lowest BCUT2D eigenvalue weighted by Gasteiger charge is -2.18. The topological polar surface area (TPSA) is 78.9 Å². The molecule has 444 valence electrons. The van der Waals surface area contributed by atoms with Crippen LogP contribution < -0.4 is 0 Å². The molecule has 0 saturated carbocycles. The number of ether oxygens (including phenoxy) is 3. The van der Waals surface area contributed by atoms with Gasteiger partial charge in [-0.1, -0.05) is 298 Å². The van der Waals surface area contributed by atoms with Gasteiger partial charge in [0.1, 0.15) is 13.2 Å². The fourth-order valence-electron chi connectivity index (χ4n) is 9.44. The van der Waals surface area contributed by atoms with E-state index in [1.165, 1.54) is 180 Å². The molecule has 0 radical (unpaired) electrons. The van der Waals surface area contributed by atoms with Crippen LogP contribution in [0.4, 0.5) is 0 Å². The summed E-state index contributed by atoms with van der Waals surface area (Å²) in [5.41, 5.74) is 0. The molecule has 1 unspecified atom stereocenters. The molecule has 0 heterocycles. The van der Waals surface area contributed by atoms with Gasteiger partial charge in [0.25, 0.3) is 0 Å². The summed E-state index contributed by atoms with van der Waals surface area (Å²) in [6, 6.07) is 0. The van der Waals surface area contributed by atoms with Gasteiger partial charge >= 0.3 is 17.9 Å². The van der Waals surface area contributed by atoms with Gasteiger partial charge in [-0.05, 0) is 96.3 Å². The Morgan fingerprint density at radius 2 is 0.506 bits per heavy atom. The van der Waals surface area contributed by atoms with Crippen LogP contribution in [-0.2, 0) is 28.6 Å². The summed E-state index contributed by atoms with van der Waals surface area (Å²) in [5, 5.41) is 0. The van der Waals surface area contributed by atoms with Crippen LogP contribution in [0.15, 0.2) is 85.1 Å². The minimum Gasteiger partial charge on any atom is -0.462 e. The molecule has 0 fully saturated rings. The molecule has 0 aromatic rings. The molecule has 1 atom stereocenters. The summed E-state index contributed by atoms with van der Waals surface area (Å²) in [5.74, 6) is -0.888. The number of rotatable bonds is 60. The highest BCUT2D eigenvalue weighted by molar-refractivity contribution is 5.71. The number of esters is 3. The average molecular weight is 1070 g/mol. The highest BCUT2D eigenvalue weighted by Gasteiger charge is 2.19. The molecule has 0 aromatic carbocycles. The van der Waals surface area contributed by atoms with Crippen molar-refractivity contribution in [2.24, 2.45) is 0 Å². The quantitative estimate of drug-likeness (QED) is 0.0261. The second-order valence-electron chi connectivity index (χ2n) is 22.0. The van der Waals surface area contributed by atoms with Crippen molar-refractivity contribution in [3.63, 3.8) is 0 Å². The average Bonchev–Trinajstić information content (AvgIpc) is 3.43. The number of hydrogen-bond donors (Lipinski definition) is 0. The summed E-state index contributed by atoms with van der Waals surface area (Å²) in [4.78, 5) is 38.0. The Morgan fingerprint density at radius 1 is 0.273 bits per heavy atom. The summed E-state index contributed by atoms with van der Waals surface area (Å²) in [6.45, 7) is 6.47. The highest BCUT2D eigenvalue weighted by atomic mass is 16.6. The van der Waals surface area contributed by atoms with E-state index in [9.17, 15) is 14.4 Å². The number of carbonyl (C=O) groups excluding carboxylic acids is 3. The lowest BCUT2D eigenvalue weighted by molar-refractivity contribution is -0.167. The second-order valence-corrected chi connectivity index (χ2v) is 22.0.